The zero-order valence-electron chi connectivity index (χ0n) is 18.3. The van der Waals surface area contributed by atoms with Crippen molar-refractivity contribution in [2.45, 2.75) is 20.0 Å². The predicted octanol–water partition coefficient (Wildman–Crippen LogP) is 7.58. The minimum Gasteiger partial charge on any atom is -0.441 e. The number of hydrogen-bond donors (Lipinski definition) is 2. The third-order valence-corrected chi connectivity index (χ3v) is 6.62. The Hall–Kier alpha value is -3.90. The fourth-order valence-electron chi connectivity index (χ4n) is 3.83. The highest BCUT2D eigenvalue weighted by Crippen LogP contribution is 2.36. The number of hydrogen-bond acceptors (Lipinski definition) is 4. The number of ether oxygens (including phenoxy) is 1. The summed E-state index contributed by atoms with van der Waals surface area (Å²) in [5, 5.41) is 4.09. The number of nitrogens with one attached hydrogen (secondary N) is 2. The first-order valence-corrected chi connectivity index (χ1v) is 11.5. The summed E-state index contributed by atoms with van der Waals surface area (Å²) in [7, 11) is 0. The van der Waals surface area contributed by atoms with Gasteiger partial charge in [-0.25, -0.2) is 4.79 Å². The molecule has 0 saturated heterocycles. The number of rotatable bonds is 5. The maximum absolute atomic E-state index is 12.6. The third kappa shape index (κ3) is 4.38. The summed E-state index contributed by atoms with van der Waals surface area (Å²) in [6, 6.07) is 28.3. The van der Waals surface area contributed by atoms with E-state index in [1.165, 1.54) is 16.9 Å². The van der Waals surface area contributed by atoms with Gasteiger partial charge in [0, 0.05) is 16.6 Å². The number of carbonyl (C=O) groups is 1. The SMILES string of the molecule is Cc1nsc(-c2ccc(-c3cc4ccccc4[nH]3)cc2)c1NC(=O)OC(C)c1ccccc1. The molecule has 2 aromatic heterocycles. The number of para-hydroxylation sites is 1. The molecule has 5 rings (SSSR count). The maximum Gasteiger partial charge on any atom is 0.412 e. The second-order valence-electron chi connectivity index (χ2n) is 7.90. The molecule has 5 nitrogen and oxygen atoms in total. The van der Waals surface area contributed by atoms with Crippen molar-refractivity contribution in [1.29, 1.82) is 0 Å². The lowest BCUT2D eigenvalue weighted by Gasteiger charge is -2.14. The molecule has 33 heavy (non-hydrogen) atoms. The Balaban J connectivity index is 1.34. The van der Waals surface area contributed by atoms with Crippen LogP contribution >= 0.6 is 11.5 Å². The van der Waals surface area contributed by atoms with Gasteiger partial charge < -0.3 is 9.72 Å². The van der Waals surface area contributed by atoms with Crippen molar-refractivity contribution in [2.24, 2.45) is 0 Å². The van der Waals surface area contributed by atoms with Crippen LogP contribution in [0.15, 0.2) is 84.9 Å². The number of benzene rings is 3. The highest BCUT2D eigenvalue weighted by molar-refractivity contribution is 7.10. The van der Waals surface area contributed by atoms with Crippen molar-refractivity contribution in [2.75, 3.05) is 5.32 Å². The van der Waals surface area contributed by atoms with Crippen molar-refractivity contribution in [3.05, 3.63) is 96.2 Å². The number of carbonyl (C=O) groups excluding carboxylic acids is 1. The molecule has 6 heteroatoms. The molecule has 1 amide bonds. The second kappa shape index (κ2) is 8.92. The normalized spacial score (nSPS) is 11.9. The molecule has 0 radical (unpaired) electrons. The van der Waals surface area contributed by atoms with Crippen molar-refractivity contribution >= 4 is 34.2 Å². The number of H-pyrrole nitrogens is 1. The molecule has 0 spiro atoms. The lowest BCUT2D eigenvalue weighted by molar-refractivity contribution is 0.121. The highest BCUT2D eigenvalue weighted by Gasteiger charge is 2.18. The molecule has 2 heterocycles. The van der Waals surface area contributed by atoms with Gasteiger partial charge in [0.15, 0.2) is 0 Å². The Morgan fingerprint density at radius 3 is 2.42 bits per heavy atom. The first kappa shape index (κ1) is 21.0. The van der Waals surface area contributed by atoms with Gasteiger partial charge in [-0.05, 0) is 54.2 Å². The zero-order valence-corrected chi connectivity index (χ0v) is 19.1. The first-order chi connectivity index (χ1) is 16.1. The van der Waals surface area contributed by atoms with Crippen LogP contribution in [0.25, 0.3) is 32.6 Å². The van der Waals surface area contributed by atoms with Crippen LogP contribution in [0.4, 0.5) is 10.5 Å². The van der Waals surface area contributed by atoms with Crippen LogP contribution in [-0.2, 0) is 4.74 Å². The van der Waals surface area contributed by atoms with Crippen molar-refractivity contribution in [3.8, 4) is 21.7 Å². The van der Waals surface area contributed by atoms with Gasteiger partial charge in [0.2, 0.25) is 0 Å². The highest BCUT2D eigenvalue weighted by atomic mass is 32.1. The fraction of sp³-hybridized carbons (Fsp3) is 0.111. The lowest BCUT2D eigenvalue weighted by Crippen LogP contribution is -2.16. The second-order valence-corrected chi connectivity index (χ2v) is 8.68. The monoisotopic (exact) mass is 453 g/mol. The molecule has 1 unspecified atom stereocenters. The third-order valence-electron chi connectivity index (χ3n) is 5.63. The largest absolute Gasteiger partial charge is 0.441 e. The molecule has 5 aromatic rings. The summed E-state index contributed by atoms with van der Waals surface area (Å²) in [4.78, 5) is 17.0. The lowest BCUT2D eigenvalue weighted by atomic mass is 10.1. The summed E-state index contributed by atoms with van der Waals surface area (Å²) in [5.74, 6) is 0. The molecule has 0 aliphatic heterocycles. The van der Waals surface area contributed by atoms with Crippen LogP contribution in [0.3, 0.4) is 0 Å². The average molecular weight is 454 g/mol. The predicted molar refractivity (Wildman–Crippen MR) is 135 cm³/mol. The minimum atomic E-state index is -0.495. The van der Waals surface area contributed by atoms with Crippen molar-refractivity contribution in [3.63, 3.8) is 0 Å². The number of anilines is 1. The fourth-order valence-corrected chi connectivity index (χ4v) is 4.68. The van der Waals surface area contributed by atoms with Gasteiger partial charge in [-0.2, -0.15) is 4.37 Å². The number of fused-ring (bicyclic) bond motifs is 1. The van der Waals surface area contributed by atoms with E-state index in [0.29, 0.717) is 5.69 Å². The van der Waals surface area contributed by atoms with Gasteiger partial charge in [-0.1, -0.05) is 72.8 Å². The van der Waals surface area contributed by atoms with E-state index in [9.17, 15) is 4.79 Å². The molecule has 1 atom stereocenters. The number of amides is 1. The molecular weight excluding hydrogens is 430 g/mol. The Bertz CT molecular complexity index is 1370. The number of aromatic nitrogens is 2. The van der Waals surface area contributed by atoms with E-state index in [1.54, 1.807) is 0 Å². The van der Waals surface area contributed by atoms with Crippen molar-refractivity contribution < 1.29 is 9.53 Å². The number of nitrogens with zero attached hydrogens (tertiary/aromatic N) is 1. The molecule has 0 saturated carbocycles. The van der Waals surface area contributed by atoms with Gasteiger partial charge in [0.05, 0.1) is 16.3 Å². The quantitative estimate of drug-likeness (QED) is 0.288. The molecule has 3 aromatic carbocycles. The molecule has 2 N–H and O–H groups in total. The Kier molecular flexibility index (Phi) is 5.67. The van der Waals surface area contributed by atoms with Gasteiger partial charge >= 0.3 is 6.09 Å². The van der Waals surface area contributed by atoms with Crippen LogP contribution in [-0.4, -0.2) is 15.5 Å². The molecule has 164 valence electrons. The van der Waals surface area contributed by atoms with Crippen LogP contribution in [0.5, 0.6) is 0 Å². The summed E-state index contributed by atoms with van der Waals surface area (Å²) in [5.41, 5.74) is 6.67. The van der Waals surface area contributed by atoms with Crippen LogP contribution in [0.2, 0.25) is 0 Å². The van der Waals surface area contributed by atoms with E-state index >= 15 is 0 Å². The van der Waals surface area contributed by atoms with Gasteiger partial charge in [-0.15, -0.1) is 0 Å². The Morgan fingerprint density at radius 2 is 1.67 bits per heavy atom. The maximum atomic E-state index is 12.6. The van der Waals surface area contributed by atoms with Crippen molar-refractivity contribution in [1.82, 2.24) is 9.36 Å². The summed E-state index contributed by atoms with van der Waals surface area (Å²) in [6.07, 6.45) is -0.845. The number of aromatic amines is 1. The van der Waals surface area contributed by atoms with Crippen LogP contribution < -0.4 is 5.32 Å². The summed E-state index contributed by atoms with van der Waals surface area (Å²) >= 11 is 1.36. The van der Waals surface area contributed by atoms with Crippen LogP contribution in [0, 0.1) is 6.92 Å². The van der Waals surface area contributed by atoms with Gasteiger partial charge in [0.25, 0.3) is 0 Å². The first-order valence-electron chi connectivity index (χ1n) is 10.8. The average Bonchev–Trinajstić information content (AvgIpc) is 3.43. The van der Waals surface area contributed by atoms with Crippen LogP contribution in [0.1, 0.15) is 24.3 Å². The van der Waals surface area contributed by atoms with E-state index < -0.39 is 6.09 Å². The van der Waals surface area contributed by atoms with Gasteiger partial charge in [-0.3, -0.25) is 5.32 Å². The summed E-state index contributed by atoms with van der Waals surface area (Å²) in [6.45, 7) is 3.74. The standard InChI is InChI=1S/C27H23N3O2S/c1-17-25(29-27(31)32-18(2)19-8-4-3-5-9-19)26(33-30-17)21-14-12-20(13-15-21)24-16-22-10-6-7-11-23(22)28-24/h3-16,18,28H,1-2H3,(H,29,31). The van der Waals surface area contributed by atoms with E-state index in [4.69, 9.17) is 4.74 Å². The number of aryl methyl sites for hydroxylation is 1. The zero-order chi connectivity index (χ0) is 22.8. The molecular formula is C27H23N3O2S. The molecule has 0 aliphatic carbocycles. The minimum absolute atomic E-state index is 0.350. The summed E-state index contributed by atoms with van der Waals surface area (Å²) < 4.78 is 10.0. The Labute approximate surface area is 196 Å². The van der Waals surface area contributed by atoms with Gasteiger partial charge in [0.1, 0.15) is 6.10 Å². The topological polar surface area (TPSA) is 67.0 Å². The van der Waals surface area contributed by atoms with E-state index in [1.807, 2.05) is 56.3 Å². The van der Waals surface area contributed by atoms with E-state index in [-0.39, 0.29) is 6.10 Å². The molecule has 0 fully saturated rings. The Morgan fingerprint density at radius 1 is 0.970 bits per heavy atom. The molecule has 0 aliphatic rings. The van der Waals surface area contributed by atoms with E-state index in [0.717, 1.165) is 38.5 Å². The van der Waals surface area contributed by atoms with E-state index in [2.05, 4.69) is 57.1 Å². The smallest absolute Gasteiger partial charge is 0.412 e. The molecule has 0 bridgehead atoms.